The number of carbonyl (C=O) groups is 2. The van der Waals surface area contributed by atoms with Crippen LogP contribution in [0.1, 0.15) is 58.0 Å². The number of rotatable bonds is 2. The highest BCUT2D eigenvalue weighted by Gasteiger charge is 2.39. The number of ether oxygens (including phenoxy) is 1. The van der Waals surface area contributed by atoms with Crippen molar-refractivity contribution in [2.75, 3.05) is 5.32 Å². The smallest absolute Gasteiger partial charge is 0.411 e. The molecule has 2 unspecified atom stereocenters. The molecule has 4 rings (SSSR count). The van der Waals surface area contributed by atoms with Gasteiger partial charge in [0.15, 0.2) is 0 Å². The molecule has 3 aromatic heterocycles. The minimum atomic E-state index is -0.562. The van der Waals surface area contributed by atoms with Crippen molar-refractivity contribution in [3.63, 3.8) is 0 Å². The van der Waals surface area contributed by atoms with Gasteiger partial charge in [-0.2, -0.15) is 0 Å². The number of carbonyl (C=O) groups excluding carboxylic acids is 2. The topological polar surface area (TPSA) is 84.4 Å². The van der Waals surface area contributed by atoms with Crippen molar-refractivity contribution in [2.24, 2.45) is 0 Å². The maximum atomic E-state index is 12.9. The molecular formula is C22H26N4O3S2. The van der Waals surface area contributed by atoms with Crippen molar-refractivity contribution in [3.8, 4) is 10.6 Å². The van der Waals surface area contributed by atoms with E-state index in [0.717, 1.165) is 36.2 Å². The molecule has 4 heterocycles. The standard InChI is InChI=1S/C22H26N4O3S2/c1-11-9-14-17(20-25-15-10-23-8-7-16(15)30-20)19(24-13(3)27)31-18(14)12(2)26(11)21(28)29-22(4,5)6/h7-8,10-12H,9H2,1-6H3,(H,24,27). The first-order valence-electron chi connectivity index (χ1n) is 10.2. The van der Waals surface area contributed by atoms with Crippen molar-refractivity contribution in [2.45, 2.75) is 65.6 Å². The van der Waals surface area contributed by atoms with Gasteiger partial charge in [-0.1, -0.05) is 0 Å². The first-order chi connectivity index (χ1) is 14.5. The van der Waals surface area contributed by atoms with Crippen molar-refractivity contribution >= 4 is 49.9 Å². The van der Waals surface area contributed by atoms with Crippen LogP contribution in [0.25, 0.3) is 20.8 Å². The van der Waals surface area contributed by atoms with Crippen LogP contribution in [0.5, 0.6) is 0 Å². The molecule has 2 amide bonds. The van der Waals surface area contributed by atoms with Gasteiger partial charge in [-0.25, -0.2) is 9.78 Å². The lowest BCUT2D eigenvalue weighted by Gasteiger charge is -2.39. The molecule has 0 aliphatic carbocycles. The first kappa shape index (κ1) is 21.7. The number of amides is 2. The van der Waals surface area contributed by atoms with Crippen LogP contribution in [0.15, 0.2) is 18.5 Å². The molecule has 1 aliphatic heterocycles. The summed E-state index contributed by atoms with van der Waals surface area (Å²) in [7, 11) is 0. The summed E-state index contributed by atoms with van der Waals surface area (Å²) in [6.45, 7) is 11.2. The van der Waals surface area contributed by atoms with Gasteiger partial charge >= 0.3 is 6.09 Å². The van der Waals surface area contributed by atoms with E-state index in [4.69, 9.17) is 9.72 Å². The van der Waals surface area contributed by atoms with Crippen LogP contribution < -0.4 is 5.32 Å². The number of nitrogens with zero attached hydrogens (tertiary/aromatic N) is 3. The zero-order chi connectivity index (χ0) is 22.5. The molecule has 0 spiro atoms. The summed E-state index contributed by atoms with van der Waals surface area (Å²) in [6, 6.07) is 1.73. The number of anilines is 1. The van der Waals surface area contributed by atoms with Gasteiger partial charge in [0.25, 0.3) is 0 Å². The highest BCUT2D eigenvalue weighted by atomic mass is 32.1. The second kappa shape index (κ2) is 7.87. The number of hydrogen-bond acceptors (Lipinski definition) is 7. The molecule has 0 aromatic carbocycles. The Morgan fingerprint density at radius 3 is 2.65 bits per heavy atom. The van der Waals surface area contributed by atoms with E-state index in [1.54, 1.807) is 28.6 Å². The summed E-state index contributed by atoms with van der Waals surface area (Å²) in [5, 5.41) is 4.62. The van der Waals surface area contributed by atoms with Crippen LogP contribution in [0.3, 0.4) is 0 Å². The molecule has 0 saturated heterocycles. The molecule has 0 fully saturated rings. The molecule has 0 saturated carbocycles. The fourth-order valence-electron chi connectivity index (χ4n) is 3.94. The second-order valence-electron chi connectivity index (χ2n) is 8.81. The van der Waals surface area contributed by atoms with Crippen LogP contribution in [-0.2, 0) is 16.0 Å². The fourth-order valence-corrected chi connectivity index (χ4v) is 6.34. The Hall–Kier alpha value is -2.52. The minimum Gasteiger partial charge on any atom is -0.444 e. The lowest BCUT2D eigenvalue weighted by Crippen LogP contribution is -2.46. The van der Waals surface area contributed by atoms with E-state index in [9.17, 15) is 9.59 Å². The molecule has 0 radical (unpaired) electrons. The summed E-state index contributed by atoms with van der Waals surface area (Å²) in [5.41, 5.74) is 2.37. The van der Waals surface area contributed by atoms with Gasteiger partial charge in [-0.15, -0.1) is 22.7 Å². The van der Waals surface area contributed by atoms with E-state index in [1.165, 1.54) is 18.3 Å². The molecule has 7 nitrogen and oxygen atoms in total. The van der Waals surface area contributed by atoms with Crippen LogP contribution in [0.2, 0.25) is 0 Å². The summed E-state index contributed by atoms with van der Waals surface area (Å²) in [4.78, 5) is 36.7. The van der Waals surface area contributed by atoms with Gasteiger partial charge < -0.3 is 10.1 Å². The number of thiophene rings is 1. The maximum absolute atomic E-state index is 12.9. The fraction of sp³-hybridized carbons (Fsp3) is 0.455. The number of thiazole rings is 1. The lowest BCUT2D eigenvalue weighted by atomic mass is 9.93. The molecule has 1 N–H and O–H groups in total. The van der Waals surface area contributed by atoms with Gasteiger partial charge in [-0.3, -0.25) is 14.7 Å². The Morgan fingerprint density at radius 1 is 1.26 bits per heavy atom. The summed E-state index contributed by atoms with van der Waals surface area (Å²) in [6.07, 6.45) is 3.85. The van der Waals surface area contributed by atoms with Gasteiger partial charge in [0.1, 0.15) is 21.1 Å². The van der Waals surface area contributed by atoms with E-state index < -0.39 is 5.60 Å². The molecule has 1 aliphatic rings. The molecule has 31 heavy (non-hydrogen) atoms. The van der Waals surface area contributed by atoms with E-state index in [1.807, 2.05) is 40.7 Å². The van der Waals surface area contributed by atoms with Crippen molar-refractivity contribution in [1.29, 1.82) is 0 Å². The molecule has 9 heteroatoms. The Kier molecular flexibility index (Phi) is 5.51. The van der Waals surface area contributed by atoms with E-state index >= 15 is 0 Å². The number of pyridine rings is 1. The Balaban J connectivity index is 1.81. The number of fused-ring (bicyclic) bond motifs is 2. The third-order valence-corrected chi connectivity index (χ3v) is 7.48. The molecule has 164 valence electrons. The summed E-state index contributed by atoms with van der Waals surface area (Å²) < 4.78 is 6.71. The predicted molar refractivity (Wildman–Crippen MR) is 125 cm³/mol. The zero-order valence-corrected chi connectivity index (χ0v) is 20.1. The van der Waals surface area contributed by atoms with Crippen LogP contribution in [0.4, 0.5) is 9.80 Å². The normalized spacial score (nSPS) is 18.7. The first-order valence-corrected chi connectivity index (χ1v) is 11.8. The molecular weight excluding hydrogens is 432 g/mol. The Bertz CT molecular complexity index is 1130. The SMILES string of the molecule is CC(=O)Nc1sc2c(c1-c1nc3cnccc3s1)CC(C)N(C(=O)OC(C)(C)C)C2C. The average molecular weight is 459 g/mol. The maximum Gasteiger partial charge on any atom is 0.411 e. The van der Waals surface area contributed by atoms with Gasteiger partial charge in [0.05, 0.1) is 16.9 Å². The molecule has 3 aromatic rings. The monoisotopic (exact) mass is 458 g/mol. The summed E-state index contributed by atoms with van der Waals surface area (Å²) in [5.74, 6) is -0.132. The van der Waals surface area contributed by atoms with E-state index in [0.29, 0.717) is 6.42 Å². The van der Waals surface area contributed by atoms with Crippen molar-refractivity contribution in [3.05, 3.63) is 28.9 Å². The highest BCUT2D eigenvalue weighted by Crippen LogP contribution is 2.49. The highest BCUT2D eigenvalue weighted by molar-refractivity contribution is 7.23. The lowest BCUT2D eigenvalue weighted by molar-refractivity contribution is -0.114. The minimum absolute atomic E-state index is 0.0491. The zero-order valence-electron chi connectivity index (χ0n) is 18.5. The third kappa shape index (κ3) is 4.16. The van der Waals surface area contributed by atoms with Crippen LogP contribution in [0, 0.1) is 0 Å². The Labute approximate surface area is 189 Å². The van der Waals surface area contributed by atoms with E-state index in [2.05, 4.69) is 10.3 Å². The van der Waals surface area contributed by atoms with Gasteiger partial charge in [0, 0.05) is 29.6 Å². The largest absolute Gasteiger partial charge is 0.444 e. The van der Waals surface area contributed by atoms with Crippen LogP contribution in [-0.4, -0.2) is 38.5 Å². The van der Waals surface area contributed by atoms with E-state index in [-0.39, 0.29) is 24.1 Å². The van der Waals surface area contributed by atoms with Gasteiger partial charge in [0.2, 0.25) is 5.91 Å². The Morgan fingerprint density at radius 2 is 2.00 bits per heavy atom. The second-order valence-corrected chi connectivity index (χ2v) is 10.9. The summed E-state index contributed by atoms with van der Waals surface area (Å²) >= 11 is 3.10. The number of aromatic nitrogens is 2. The molecule has 2 atom stereocenters. The quantitative estimate of drug-likeness (QED) is 0.539. The van der Waals surface area contributed by atoms with Crippen molar-refractivity contribution in [1.82, 2.24) is 14.9 Å². The third-order valence-electron chi connectivity index (χ3n) is 5.11. The van der Waals surface area contributed by atoms with Crippen LogP contribution >= 0.6 is 22.7 Å². The average Bonchev–Trinajstić information content (AvgIpc) is 3.20. The molecule has 0 bridgehead atoms. The predicted octanol–water partition coefficient (Wildman–Crippen LogP) is 5.62. The number of nitrogens with one attached hydrogen (secondary N) is 1. The van der Waals surface area contributed by atoms with Crippen molar-refractivity contribution < 1.29 is 14.3 Å². The number of hydrogen-bond donors (Lipinski definition) is 1. The van der Waals surface area contributed by atoms with Gasteiger partial charge in [-0.05, 0) is 52.7 Å².